The maximum absolute atomic E-state index is 12.8. The number of hydrogen-bond acceptors (Lipinski definition) is 7. The summed E-state index contributed by atoms with van der Waals surface area (Å²) in [7, 11) is 0. The van der Waals surface area contributed by atoms with Gasteiger partial charge in [-0.1, -0.05) is 60.7 Å². The van der Waals surface area contributed by atoms with E-state index < -0.39 is 18.1 Å². The lowest BCUT2D eigenvalue weighted by Crippen LogP contribution is -2.48. The molecule has 0 aliphatic rings. The zero-order chi connectivity index (χ0) is 21.8. The number of aliphatic hydroxyl groups excluding tert-OH is 1. The number of Topliss-reactive ketones (excluding diaryl/α,β-unsaturated/α-hetero) is 2. The second kappa shape index (κ2) is 12.8. The molecule has 0 amide bonds. The first-order chi connectivity index (χ1) is 14.5. The average Bonchev–Trinajstić information content (AvgIpc) is 2.77. The molecule has 7 heteroatoms. The van der Waals surface area contributed by atoms with Crippen LogP contribution in [0.25, 0.3) is 0 Å². The smallest absolute Gasteiger partial charge is 0.157 e. The van der Waals surface area contributed by atoms with Crippen LogP contribution in [-0.2, 0) is 27.2 Å². The molecule has 0 aliphatic heterocycles. The number of ketones is 2. The van der Waals surface area contributed by atoms with Gasteiger partial charge in [0.2, 0.25) is 0 Å². The fourth-order valence-electron chi connectivity index (χ4n) is 3.03. The van der Waals surface area contributed by atoms with E-state index in [4.69, 9.17) is 10.8 Å². The van der Waals surface area contributed by atoms with E-state index >= 15 is 0 Å². The second-order valence-corrected chi connectivity index (χ2v) is 7.16. The maximum atomic E-state index is 12.8. The highest BCUT2D eigenvalue weighted by Gasteiger charge is 2.24. The third kappa shape index (κ3) is 7.96. The number of rotatable bonds is 14. The molecule has 0 aromatic heterocycles. The normalized spacial score (nSPS) is 13.9. The molecule has 2 aromatic rings. The lowest BCUT2D eigenvalue weighted by molar-refractivity contribution is -0.128. The van der Waals surface area contributed by atoms with Gasteiger partial charge in [0, 0.05) is 6.67 Å². The molecule has 0 saturated carbocycles. The van der Waals surface area contributed by atoms with Crippen LogP contribution >= 0.6 is 0 Å². The van der Waals surface area contributed by atoms with Crippen molar-refractivity contribution in [3.05, 3.63) is 71.8 Å². The maximum Gasteiger partial charge on any atom is 0.157 e. The number of aldehydes is 1. The predicted octanol–water partition coefficient (Wildman–Crippen LogP) is 0.393. The summed E-state index contributed by atoms with van der Waals surface area (Å²) in [4.78, 5) is 36.2. The van der Waals surface area contributed by atoms with Gasteiger partial charge in [-0.3, -0.25) is 20.2 Å². The van der Waals surface area contributed by atoms with E-state index in [0.717, 1.165) is 11.1 Å². The predicted molar refractivity (Wildman–Crippen MR) is 115 cm³/mol. The van der Waals surface area contributed by atoms with E-state index in [1.165, 1.54) is 0 Å². The number of benzene rings is 2. The van der Waals surface area contributed by atoms with Crippen molar-refractivity contribution in [2.24, 2.45) is 5.73 Å². The Morgan fingerprint density at radius 2 is 1.47 bits per heavy atom. The van der Waals surface area contributed by atoms with Crippen molar-refractivity contribution >= 4 is 17.9 Å². The minimum Gasteiger partial charge on any atom is -0.394 e. The minimum absolute atomic E-state index is 0.136. The Labute approximate surface area is 176 Å². The number of hydrogen-bond donors (Lipinski definition) is 4. The van der Waals surface area contributed by atoms with E-state index in [2.05, 4.69) is 10.6 Å². The molecule has 0 spiro atoms. The van der Waals surface area contributed by atoms with Crippen LogP contribution < -0.4 is 16.4 Å². The van der Waals surface area contributed by atoms with Gasteiger partial charge >= 0.3 is 0 Å². The van der Waals surface area contributed by atoms with E-state index in [1.54, 1.807) is 0 Å². The van der Waals surface area contributed by atoms with E-state index in [-0.39, 0.29) is 31.3 Å². The molecule has 3 atom stereocenters. The average molecular weight is 412 g/mol. The second-order valence-electron chi connectivity index (χ2n) is 7.16. The van der Waals surface area contributed by atoms with Gasteiger partial charge in [0.15, 0.2) is 11.6 Å². The molecule has 30 heavy (non-hydrogen) atoms. The molecule has 0 aliphatic carbocycles. The fraction of sp³-hybridized carbons (Fsp3) is 0.348. The molecule has 0 radical (unpaired) electrons. The third-order valence-electron chi connectivity index (χ3n) is 4.81. The van der Waals surface area contributed by atoms with Crippen molar-refractivity contribution in [2.45, 2.75) is 37.4 Å². The number of carbonyl (C=O) groups excluding carboxylic acids is 3. The SMILES string of the molecule is N[C@@H](Cc1ccccc1)C(=O)CC(=O)[C@H](Cc1ccccc1)NCN[C@H](C=O)CO. The topological polar surface area (TPSA) is 122 Å². The van der Waals surface area contributed by atoms with Crippen molar-refractivity contribution in [1.82, 2.24) is 10.6 Å². The lowest BCUT2D eigenvalue weighted by atomic mass is 9.95. The lowest BCUT2D eigenvalue weighted by Gasteiger charge is -2.20. The van der Waals surface area contributed by atoms with E-state index in [9.17, 15) is 14.4 Å². The Kier molecular flexibility index (Phi) is 10.0. The van der Waals surface area contributed by atoms with Crippen LogP contribution in [0.3, 0.4) is 0 Å². The van der Waals surface area contributed by atoms with E-state index in [1.807, 2.05) is 60.7 Å². The van der Waals surface area contributed by atoms with Crippen molar-refractivity contribution < 1.29 is 19.5 Å². The van der Waals surface area contributed by atoms with Crippen LogP contribution in [0.1, 0.15) is 17.5 Å². The van der Waals surface area contributed by atoms with Gasteiger partial charge in [0.25, 0.3) is 0 Å². The quantitative estimate of drug-likeness (QED) is 0.202. The monoisotopic (exact) mass is 411 g/mol. The van der Waals surface area contributed by atoms with Crippen LogP contribution in [-0.4, -0.2) is 54.4 Å². The zero-order valence-corrected chi connectivity index (χ0v) is 16.9. The van der Waals surface area contributed by atoms with Crippen molar-refractivity contribution in [2.75, 3.05) is 13.3 Å². The summed E-state index contributed by atoms with van der Waals surface area (Å²) in [6.07, 6.45) is 1.10. The Bertz CT molecular complexity index is 799. The van der Waals surface area contributed by atoms with Gasteiger partial charge in [-0.05, 0) is 24.0 Å². The Balaban J connectivity index is 1.97. The summed E-state index contributed by atoms with van der Waals surface area (Å²) in [5.74, 6) is -0.571. The summed E-state index contributed by atoms with van der Waals surface area (Å²) in [5, 5.41) is 14.9. The van der Waals surface area contributed by atoms with Gasteiger partial charge in [-0.2, -0.15) is 0 Å². The standard InChI is InChI=1S/C23H29N3O4/c24-20(11-17-7-3-1-4-8-17)22(29)13-23(30)21(12-18-9-5-2-6-10-18)26-16-25-19(14-27)15-28/h1-10,14,19-21,25-26,28H,11-13,15-16,24H2/t19-,20+,21+/m1/s1. The Morgan fingerprint density at radius 1 is 0.900 bits per heavy atom. The molecule has 0 fully saturated rings. The van der Waals surface area contributed by atoms with Crippen LogP contribution in [0.5, 0.6) is 0 Å². The highest BCUT2D eigenvalue weighted by Crippen LogP contribution is 2.08. The van der Waals surface area contributed by atoms with Gasteiger partial charge in [-0.15, -0.1) is 0 Å². The highest BCUT2D eigenvalue weighted by atomic mass is 16.3. The molecular weight excluding hydrogens is 382 g/mol. The van der Waals surface area contributed by atoms with Gasteiger partial charge in [-0.25, -0.2) is 0 Å². The van der Waals surface area contributed by atoms with Crippen LogP contribution in [0.15, 0.2) is 60.7 Å². The fourth-order valence-corrected chi connectivity index (χ4v) is 3.03. The Morgan fingerprint density at radius 3 is 2.00 bits per heavy atom. The highest BCUT2D eigenvalue weighted by molar-refractivity contribution is 6.03. The molecule has 0 bridgehead atoms. The van der Waals surface area contributed by atoms with Crippen LogP contribution in [0, 0.1) is 0 Å². The number of aliphatic hydroxyl groups is 1. The molecule has 7 nitrogen and oxygen atoms in total. The molecule has 0 unspecified atom stereocenters. The van der Waals surface area contributed by atoms with Crippen molar-refractivity contribution in [3.8, 4) is 0 Å². The molecule has 160 valence electrons. The molecule has 2 rings (SSSR count). The van der Waals surface area contributed by atoms with Gasteiger partial charge in [0.1, 0.15) is 6.29 Å². The molecule has 2 aromatic carbocycles. The van der Waals surface area contributed by atoms with Crippen LogP contribution in [0.4, 0.5) is 0 Å². The summed E-state index contributed by atoms with van der Waals surface area (Å²) in [6, 6.07) is 16.8. The van der Waals surface area contributed by atoms with Crippen molar-refractivity contribution in [1.29, 1.82) is 0 Å². The molecule has 0 saturated heterocycles. The van der Waals surface area contributed by atoms with Crippen LogP contribution in [0.2, 0.25) is 0 Å². The number of nitrogens with one attached hydrogen (secondary N) is 2. The first-order valence-corrected chi connectivity index (χ1v) is 9.95. The summed E-state index contributed by atoms with van der Waals surface area (Å²) < 4.78 is 0. The third-order valence-corrected chi connectivity index (χ3v) is 4.81. The Hall–Kier alpha value is -2.71. The molecular formula is C23H29N3O4. The molecule has 5 N–H and O–H groups in total. The largest absolute Gasteiger partial charge is 0.394 e. The molecule has 0 heterocycles. The number of carbonyl (C=O) groups is 3. The minimum atomic E-state index is -0.749. The first kappa shape index (κ1) is 23.6. The first-order valence-electron chi connectivity index (χ1n) is 9.95. The summed E-state index contributed by atoms with van der Waals surface area (Å²) >= 11 is 0. The van der Waals surface area contributed by atoms with E-state index in [0.29, 0.717) is 19.1 Å². The summed E-state index contributed by atoms with van der Waals surface area (Å²) in [6.45, 7) is -0.202. The van der Waals surface area contributed by atoms with Gasteiger partial charge in [0.05, 0.1) is 31.2 Å². The zero-order valence-electron chi connectivity index (χ0n) is 16.9. The van der Waals surface area contributed by atoms with Gasteiger partial charge < -0.3 is 15.6 Å². The van der Waals surface area contributed by atoms with Crippen molar-refractivity contribution in [3.63, 3.8) is 0 Å². The number of nitrogens with two attached hydrogens (primary N) is 1. The summed E-state index contributed by atoms with van der Waals surface area (Å²) in [5.41, 5.74) is 7.91.